The van der Waals surface area contributed by atoms with Gasteiger partial charge < -0.3 is 10.2 Å². The van der Waals surface area contributed by atoms with Gasteiger partial charge in [0.1, 0.15) is 6.04 Å². The van der Waals surface area contributed by atoms with Crippen LogP contribution in [0.2, 0.25) is 0 Å². The number of carbonyl (C=O) groups excluding carboxylic acids is 2. The van der Waals surface area contributed by atoms with E-state index in [1.165, 1.54) is 0 Å². The molecular weight excluding hydrogens is 312 g/mol. The van der Waals surface area contributed by atoms with Crippen LogP contribution in [-0.4, -0.2) is 29.8 Å². The topological polar surface area (TPSA) is 49.4 Å². The van der Waals surface area contributed by atoms with E-state index < -0.39 is 6.04 Å². The molecule has 4 heteroatoms. The van der Waals surface area contributed by atoms with Gasteiger partial charge in [-0.3, -0.25) is 9.59 Å². The molecule has 0 bridgehead atoms. The van der Waals surface area contributed by atoms with Gasteiger partial charge in [-0.1, -0.05) is 59.7 Å². The van der Waals surface area contributed by atoms with Crippen LogP contribution in [0.1, 0.15) is 29.2 Å². The number of rotatable bonds is 6. The van der Waals surface area contributed by atoms with Crippen LogP contribution in [-0.2, 0) is 22.6 Å². The summed E-state index contributed by atoms with van der Waals surface area (Å²) < 4.78 is 0. The summed E-state index contributed by atoms with van der Waals surface area (Å²) in [5.74, 6) is -0.216. The van der Waals surface area contributed by atoms with E-state index in [0.717, 1.165) is 22.3 Å². The summed E-state index contributed by atoms with van der Waals surface area (Å²) in [6.45, 7) is 6.22. The number of likely N-dealkylation sites (N-methyl/N-ethyl adjacent to an activating group) is 1. The highest BCUT2D eigenvalue weighted by molar-refractivity contribution is 5.88. The molecule has 0 aliphatic carbocycles. The molecule has 0 saturated carbocycles. The van der Waals surface area contributed by atoms with Crippen LogP contribution in [0.5, 0.6) is 0 Å². The van der Waals surface area contributed by atoms with E-state index in [1.807, 2.05) is 62.4 Å². The first kappa shape index (κ1) is 18.7. The molecule has 0 aliphatic rings. The van der Waals surface area contributed by atoms with E-state index in [4.69, 9.17) is 0 Å². The second-order valence-corrected chi connectivity index (χ2v) is 6.46. The van der Waals surface area contributed by atoms with Crippen molar-refractivity contribution < 1.29 is 9.59 Å². The van der Waals surface area contributed by atoms with Crippen LogP contribution in [0.3, 0.4) is 0 Å². The zero-order valence-corrected chi connectivity index (χ0v) is 15.4. The van der Waals surface area contributed by atoms with Crippen molar-refractivity contribution in [1.82, 2.24) is 10.2 Å². The van der Waals surface area contributed by atoms with Gasteiger partial charge in [-0.2, -0.15) is 0 Å². The Balaban J connectivity index is 2.21. The highest BCUT2D eigenvalue weighted by Gasteiger charge is 2.25. The maximum Gasteiger partial charge on any atom is 0.242 e. The largest absolute Gasteiger partial charge is 0.357 e. The minimum Gasteiger partial charge on any atom is -0.357 e. The van der Waals surface area contributed by atoms with Crippen molar-refractivity contribution in [3.63, 3.8) is 0 Å². The van der Waals surface area contributed by atoms with Crippen molar-refractivity contribution in [2.45, 2.75) is 39.8 Å². The molecular formula is C21H26N2O2. The standard InChI is InChI=1S/C21H26N2O2/c1-15-8-10-18(11-9-15)13-20(24)23(17(3)21(25)22-4)14-19-7-5-6-16(2)12-19/h5-12,17H,13-14H2,1-4H3,(H,22,25)/t17-/m0/s1. The molecule has 2 aromatic rings. The lowest BCUT2D eigenvalue weighted by molar-refractivity contribution is -0.139. The number of aryl methyl sites for hydroxylation is 2. The molecule has 0 spiro atoms. The highest BCUT2D eigenvalue weighted by atomic mass is 16.2. The smallest absolute Gasteiger partial charge is 0.242 e. The third-order valence-electron chi connectivity index (χ3n) is 4.33. The maximum absolute atomic E-state index is 12.9. The molecule has 2 rings (SSSR count). The van der Waals surface area contributed by atoms with E-state index in [9.17, 15) is 9.59 Å². The van der Waals surface area contributed by atoms with Crippen molar-refractivity contribution in [3.05, 3.63) is 70.8 Å². The van der Waals surface area contributed by atoms with Gasteiger partial charge in [0.25, 0.3) is 0 Å². The van der Waals surface area contributed by atoms with Crippen molar-refractivity contribution in [3.8, 4) is 0 Å². The number of nitrogens with one attached hydrogen (secondary N) is 1. The molecule has 0 fully saturated rings. The Morgan fingerprint density at radius 1 is 1.00 bits per heavy atom. The summed E-state index contributed by atoms with van der Waals surface area (Å²) in [4.78, 5) is 26.6. The molecule has 2 aromatic carbocycles. The van der Waals surface area contributed by atoms with Gasteiger partial charge in [-0.15, -0.1) is 0 Å². The quantitative estimate of drug-likeness (QED) is 0.880. The summed E-state index contributed by atoms with van der Waals surface area (Å²) in [5, 5.41) is 2.64. The minimum absolute atomic E-state index is 0.0542. The first-order valence-corrected chi connectivity index (χ1v) is 8.53. The number of amides is 2. The summed E-state index contributed by atoms with van der Waals surface area (Å²) in [6, 6.07) is 15.4. The SMILES string of the molecule is CNC(=O)[C@H](C)N(Cc1cccc(C)c1)C(=O)Cc1ccc(C)cc1. The van der Waals surface area contributed by atoms with E-state index in [1.54, 1.807) is 18.9 Å². The van der Waals surface area contributed by atoms with Crippen molar-refractivity contribution in [1.29, 1.82) is 0 Å². The van der Waals surface area contributed by atoms with E-state index in [2.05, 4.69) is 5.32 Å². The molecule has 0 unspecified atom stereocenters. The number of hydrogen-bond donors (Lipinski definition) is 1. The summed E-state index contributed by atoms with van der Waals surface area (Å²) in [7, 11) is 1.59. The van der Waals surface area contributed by atoms with E-state index in [0.29, 0.717) is 6.54 Å². The van der Waals surface area contributed by atoms with Gasteiger partial charge in [0.15, 0.2) is 0 Å². The van der Waals surface area contributed by atoms with Crippen LogP contribution < -0.4 is 5.32 Å². The molecule has 0 aromatic heterocycles. The summed E-state index contributed by atoms with van der Waals surface area (Å²) in [6.07, 6.45) is 0.285. The molecule has 2 amide bonds. The fraction of sp³-hybridized carbons (Fsp3) is 0.333. The van der Waals surface area contributed by atoms with Crippen LogP contribution in [0.25, 0.3) is 0 Å². The molecule has 1 N–H and O–H groups in total. The van der Waals surface area contributed by atoms with E-state index in [-0.39, 0.29) is 18.2 Å². The monoisotopic (exact) mass is 338 g/mol. The highest BCUT2D eigenvalue weighted by Crippen LogP contribution is 2.14. The molecule has 4 nitrogen and oxygen atoms in total. The van der Waals surface area contributed by atoms with Crippen LogP contribution in [0.4, 0.5) is 0 Å². The summed E-state index contributed by atoms with van der Waals surface area (Å²) >= 11 is 0. The van der Waals surface area contributed by atoms with Gasteiger partial charge in [-0.05, 0) is 31.9 Å². The lowest BCUT2D eigenvalue weighted by Crippen LogP contribution is -2.47. The molecule has 0 aliphatic heterocycles. The Morgan fingerprint density at radius 3 is 2.28 bits per heavy atom. The zero-order chi connectivity index (χ0) is 18.4. The molecule has 0 radical (unpaired) electrons. The third-order valence-corrected chi connectivity index (χ3v) is 4.33. The summed E-state index contributed by atoms with van der Waals surface area (Å²) in [5.41, 5.74) is 4.27. The lowest BCUT2D eigenvalue weighted by Gasteiger charge is -2.28. The normalized spacial score (nSPS) is 11.7. The second-order valence-electron chi connectivity index (χ2n) is 6.46. The predicted molar refractivity (Wildman–Crippen MR) is 100 cm³/mol. The zero-order valence-electron chi connectivity index (χ0n) is 15.4. The van der Waals surface area contributed by atoms with Gasteiger partial charge in [0.2, 0.25) is 11.8 Å². The van der Waals surface area contributed by atoms with Crippen molar-refractivity contribution >= 4 is 11.8 Å². The second kappa shape index (κ2) is 8.47. The first-order valence-electron chi connectivity index (χ1n) is 8.53. The van der Waals surface area contributed by atoms with Crippen molar-refractivity contribution in [2.24, 2.45) is 0 Å². The molecule has 25 heavy (non-hydrogen) atoms. The Bertz CT molecular complexity index is 738. The van der Waals surface area contributed by atoms with E-state index >= 15 is 0 Å². The van der Waals surface area contributed by atoms with Crippen LogP contribution >= 0.6 is 0 Å². The van der Waals surface area contributed by atoms with Gasteiger partial charge in [-0.25, -0.2) is 0 Å². The van der Waals surface area contributed by atoms with Gasteiger partial charge in [0, 0.05) is 13.6 Å². The third kappa shape index (κ3) is 5.18. The fourth-order valence-corrected chi connectivity index (χ4v) is 2.78. The molecule has 0 saturated heterocycles. The number of hydrogen-bond acceptors (Lipinski definition) is 2. The average molecular weight is 338 g/mol. The maximum atomic E-state index is 12.9. The van der Waals surface area contributed by atoms with Crippen LogP contribution in [0.15, 0.2) is 48.5 Å². The molecule has 0 heterocycles. The first-order chi connectivity index (χ1) is 11.9. The van der Waals surface area contributed by atoms with Gasteiger partial charge in [0.05, 0.1) is 6.42 Å². The minimum atomic E-state index is -0.525. The Labute approximate surface area is 149 Å². The number of carbonyl (C=O) groups is 2. The number of nitrogens with zero attached hydrogens (tertiary/aromatic N) is 1. The number of benzene rings is 2. The fourth-order valence-electron chi connectivity index (χ4n) is 2.78. The Morgan fingerprint density at radius 2 is 1.68 bits per heavy atom. The lowest BCUT2D eigenvalue weighted by atomic mass is 10.1. The van der Waals surface area contributed by atoms with Gasteiger partial charge >= 0.3 is 0 Å². The average Bonchev–Trinajstić information content (AvgIpc) is 2.60. The molecule has 1 atom stereocenters. The Hall–Kier alpha value is -2.62. The Kier molecular flexibility index (Phi) is 6.34. The van der Waals surface area contributed by atoms with Crippen LogP contribution in [0, 0.1) is 13.8 Å². The molecule has 132 valence electrons. The van der Waals surface area contributed by atoms with Crippen molar-refractivity contribution in [2.75, 3.05) is 7.05 Å². The predicted octanol–water partition coefficient (Wildman–Crippen LogP) is 3.01.